The van der Waals surface area contributed by atoms with E-state index in [0.29, 0.717) is 10.8 Å². The van der Waals surface area contributed by atoms with Gasteiger partial charge in [-0.05, 0) is 0 Å². The van der Waals surface area contributed by atoms with Crippen LogP contribution in [0.15, 0.2) is 24.9 Å². The highest BCUT2D eigenvalue weighted by Crippen LogP contribution is 2.18. The summed E-state index contributed by atoms with van der Waals surface area (Å²) >= 11 is 5.80. The Labute approximate surface area is 100 Å². The molecule has 0 saturated carbocycles. The van der Waals surface area contributed by atoms with Gasteiger partial charge in [-0.1, -0.05) is 11.6 Å². The SMILES string of the molecule is FC(F)n1ccnc1CNc1ncncc1Cl. The van der Waals surface area contributed by atoms with Crippen molar-refractivity contribution in [1.29, 1.82) is 0 Å². The van der Waals surface area contributed by atoms with Crippen LogP contribution in [-0.2, 0) is 6.54 Å². The lowest BCUT2D eigenvalue weighted by Gasteiger charge is -2.08. The molecule has 0 radical (unpaired) electrons. The Morgan fingerprint density at radius 2 is 2.24 bits per heavy atom. The van der Waals surface area contributed by atoms with Gasteiger partial charge in [-0.3, -0.25) is 4.57 Å². The van der Waals surface area contributed by atoms with E-state index in [1.165, 1.54) is 24.9 Å². The molecule has 0 aliphatic heterocycles. The molecular weight excluding hydrogens is 252 g/mol. The number of hydrogen-bond acceptors (Lipinski definition) is 4. The summed E-state index contributed by atoms with van der Waals surface area (Å²) in [5.74, 6) is 0.583. The fourth-order valence-corrected chi connectivity index (χ4v) is 1.44. The molecule has 2 heterocycles. The van der Waals surface area contributed by atoms with Gasteiger partial charge in [0.15, 0.2) is 0 Å². The Morgan fingerprint density at radius 1 is 1.41 bits per heavy atom. The van der Waals surface area contributed by atoms with Gasteiger partial charge in [-0.2, -0.15) is 8.78 Å². The average Bonchev–Trinajstić information content (AvgIpc) is 2.76. The molecule has 90 valence electrons. The molecule has 5 nitrogen and oxygen atoms in total. The summed E-state index contributed by atoms with van der Waals surface area (Å²) in [7, 11) is 0. The van der Waals surface area contributed by atoms with Crippen LogP contribution in [0.25, 0.3) is 0 Å². The summed E-state index contributed by atoms with van der Waals surface area (Å²) < 4.78 is 25.8. The average molecular weight is 260 g/mol. The minimum atomic E-state index is -2.62. The Hall–Kier alpha value is -1.76. The number of alkyl halides is 2. The van der Waals surface area contributed by atoms with Crippen LogP contribution in [0.3, 0.4) is 0 Å². The number of halogens is 3. The third-order valence-corrected chi connectivity index (χ3v) is 2.32. The summed E-state index contributed by atoms with van der Waals surface area (Å²) in [4.78, 5) is 11.4. The summed E-state index contributed by atoms with van der Waals surface area (Å²) in [6.45, 7) is -2.51. The molecule has 0 saturated heterocycles. The number of hydrogen-bond donors (Lipinski definition) is 1. The first-order valence-electron chi connectivity index (χ1n) is 4.67. The van der Waals surface area contributed by atoms with Crippen LogP contribution in [-0.4, -0.2) is 19.5 Å². The Balaban J connectivity index is 2.08. The van der Waals surface area contributed by atoms with Crippen LogP contribution in [0, 0.1) is 0 Å². The molecule has 0 aliphatic rings. The van der Waals surface area contributed by atoms with Crippen molar-refractivity contribution in [3.05, 3.63) is 35.8 Å². The van der Waals surface area contributed by atoms with Crippen LogP contribution < -0.4 is 5.32 Å². The zero-order valence-corrected chi connectivity index (χ0v) is 9.27. The number of rotatable bonds is 4. The number of anilines is 1. The van der Waals surface area contributed by atoms with E-state index in [9.17, 15) is 8.78 Å². The summed E-state index contributed by atoms with van der Waals surface area (Å²) in [5.41, 5.74) is 0. The van der Waals surface area contributed by atoms with Gasteiger partial charge in [0, 0.05) is 12.4 Å². The van der Waals surface area contributed by atoms with Crippen molar-refractivity contribution < 1.29 is 8.78 Å². The van der Waals surface area contributed by atoms with Gasteiger partial charge in [-0.25, -0.2) is 15.0 Å². The van der Waals surface area contributed by atoms with Crippen LogP contribution in [0.2, 0.25) is 5.02 Å². The van der Waals surface area contributed by atoms with Gasteiger partial charge >= 0.3 is 6.55 Å². The molecule has 8 heteroatoms. The zero-order valence-electron chi connectivity index (χ0n) is 8.52. The van der Waals surface area contributed by atoms with Crippen molar-refractivity contribution in [2.24, 2.45) is 0 Å². The van der Waals surface area contributed by atoms with Gasteiger partial charge in [0.2, 0.25) is 0 Å². The van der Waals surface area contributed by atoms with Crippen molar-refractivity contribution in [1.82, 2.24) is 19.5 Å². The molecule has 0 amide bonds. The number of aromatic nitrogens is 4. The first-order chi connectivity index (χ1) is 8.18. The molecule has 2 rings (SSSR count). The molecule has 2 aromatic heterocycles. The van der Waals surface area contributed by atoms with Crippen molar-refractivity contribution in [3.8, 4) is 0 Å². The Morgan fingerprint density at radius 3 is 2.94 bits per heavy atom. The predicted molar refractivity (Wildman–Crippen MR) is 57.8 cm³/mol. The first kappa shape index (κ1) is 11.7. The van der Waals surface area contributed by atoms with Gasteiger partial charge in [0.05, 0.1) is 12.7 Å². The van der Waals surface area contributed by atoms with Crippen molar-refractivity contribution >= 4 is 17.4 Å². The minimum absolute atomic E-state index is 0.105. The van der Waals surface area contributed by atoms with Gasteiger partial charge in [0.1, 0.15) is 23.0 Å². The van der Waals surface area contributed by atoms with Crippen molar-refractivity contribution in [2.75, 3.05) is 5.32 Å². The standard InChI is InChI=1S/C9H8ClF2N5/c10-6-3-13-5-16-8(6)15-4-7-14-1-2-17(7)9(11)12/h1-3,5,9H,4H2,(H,13,15,16). The smallest absolute Gasteiger partial charge is 0.319 e. The van der Waals surface area contributed by atoms with E-state index in [1.807, 2.05) is 0 Å². The van der Waals surface area contributed by atoms with Gasteiger partial charge < -0.3 is 5.32 Å². The van der Waals surface area contributed by atoms with E-state index in [2.05, 4.69) is 20.3 Å². The second-order valence-electron chi connectivity index (χ2n) is 3.10. The maximum absolute atomic E-state index is 12.5. The van der Waals surface area contributed by atoms with E-state index in [0.717, 1.165) is 4.57 Å². The van der Waals surface area contributed by atoms with Crippen molar-refractivity contribution in [2.45, 2.75) is 13.1 Å². The monoisotopic (exact) mass is 259 g/mol. The zero-order chi connectivity index (χ0) is 12.3. The summed E-state index contributed by atoms with van der Waals surface area (Å²) in [6.07, 6.45) is 5.25. The maximum Gasteiger partial charge on any atom is 0.319 e. The van der Waals surface area contributed by atoms with Crippen molar-refractivity contribution in [3.63, 3.8) is 0 Å². The molecule has 0 unspecified atom stereocenters. The lowest BCUT2D eigenvalue weighted by atomic mass is 10.5. The fraction of sp³-hybridized carbons (Fsp3) is 0.222. The lowest BCUT2D eigenvalue weighted by Crippen LogP contribution is -2.10. The fourth-order valence-electron chi connectivity index (χ4n) is 1.26. The molecule has 0 atom stereocenters. The molecule has 0 spiro atoms. The normalized spacial score (nSPS) is 10.8. The largest absolute Gasteiger partial charge is 0.361 e. The first-order valence-corrected chi connectivity index (χ1v) is 5.05. The molecule has 2 aromatic rings. The topological polar surface area (TPSA) is 55.6 Å². The van der Waals surface area contributed by atoms with Crippen LogP contribution >= 0.6 is 11.6 Å². The van der Waals surface area contributed by atoms with E-state index in [4.69, 9.17) is 11.6 Å². The van der Waals surface area contributed by atoms with Crippen LogP contribution in [0.5, 0.6) is 0 Å². The lowest BCUT2D eigenvalue weighted by molar-refractivity contribution is 0.0673. The third-order valence-electron chi connectivity index (χ3n) is 2.04. The molecule has 0 fully saturated rings. The molecular formula is C9H8ClF2N5. The van der Waals surface area contributed by atoms with Gasteiger partial charge in [0.25, 0.3) is 0 Å². The number of nitrogens with one attached hydrogen (secondary N) is 1. The Kier molecular flexibility index (Phi) is 3.48. The second kappa shape index (κ2) is 5.05. The molecule has 17 heavy (non-hydrogen) atoms. The molecule has 0 bridgehead atoms. The number of nitrogens with zero attached hydrogens (tertiary/aromatic N) is 4. The highest BCUT2D eigenvalue weighted by atomic mass is 35.5. The number of imidazole rings is 1. The quantitative estimate of drug-likeness (QED) is 0.916. The molecule has 0 aliphatic carbocycles. The third kappa shape index (κ3) is 2.68. The Bertz CT molecular complexity index is 502. The van der Waals surface area contributed by atoms with E-state index in [-0.39, 0.29) is 12.4 Å². The molecule has 1 N–H and O–H groups in total. The minimum Gasteiger partial charge on any atom is -0.361 e. The highest BCUT2D eigenvalue weighted by molar-refractivity contribution is 6.32. The highest BCUT2D eigenvalue weighted by Gasteiger charge is 2.11. The van der Waals surface area contributed by atoms with E-state index in [1.54, 1.807) is 0 Å². The maximum atomic E-state index is 12.5. The predicted octanol–water partition coefficient (Wildman–Crippen LogP) is 2.33. The van der Waals surface area contributed by atoms with Crippen LogP contribution in [0.1, 0.15) is 12.4 Å². The second-order valence-corrected chi connectivity index (χ2v) is 3.51. The van der Waals surface area contributed by atoms with E-state index < -0.39 is 6.55 Å². The van der Waals surface area contributed by atoms with Crippen LogP contribution in [0.4, 0.5) is 14.6 Å². The summed E-state index contributed by atoms with van der Waals surface area (Å²) in [6, 6.07) is 0. The molecule has 0 aromatic carbocycles. The summed E-state index contributed by atoms with van der Waals surface area (Å²) in [5, 5.41) is 3.13. The van der Waals surface area contributed by atoms with E-state index >= 15 is 0 Å². The van der Waals surface area contributed by atoms with Gasteiger partial charge in [-0.15, -0.1) is 0 Å².